The molecule has 0 aliphatic carbocycles. The molecular formula is C9H11ClO3S. The molecule has 0 bridgehead atoms. The molecule has 1 aromatic rings. The van der Waals surface area contributed by atoms with Crippen molar-refractivity contribution in [1.82, 2.24) is 0 Å². The zero-order valence-corrected chi connectivity index (χ0v) is 9.70. The Labute approximate surface area is 91.3 Å². The number of aryl methyl sites for hydroxylation is 1. The highest BCUT2D eigenvalue weighted by Gasteiger charge is 2.21. The lowest BCUT2D eigenvalue weighted by molar-refractivity contribution is 0.0696. The average Bonchev–Trinajstić information content (AvgIpc) is 2.32. The van der Waals surface area contributed by atoms with Crippen LogP contribution < -0.4 is 4.74 Å². The zero-order valence-electron chi connectivity index (χ0n) is 8.13. The van der Waals surface area contributed by atoms with Crippen LogP contribution in [0.1, 0.15) is 28.4 Å². The van der Waals surface area contributed by atoms with E-state index in [1.807, 2.05) is 13.8 Å². The van der Waals surface area contributed by atoms with Crippen LogP contribution >= 0.6 is 22.9 Å². The van der Waals surface area contributed by atoms with E-state index in [0.717, 1.165) is 16.2 Å². The predicted molar refractivity (Wildman–Crippen MR) is 56.8 cm³/mol. The molecule has 14 heavy (non-hydrogen) atoms. The number of hydrogen-bond acceptors (Lipinski definition) is 3. The van der Waals surface area contributed by atoms with Crippen molar-refractivity contribution in [1.29, 1.82) is 0 Å². The van der Waals surface area contributed by atoms with Gasteiger partial charge in [0.05, 0.1) is 11.1 Å². The van der Waals surface area contributed by atoms with Crippen LogP contribution in [0, 0.1) is 6.92 Å². The molecule has 0 unspecified atom stereocenters. The monoisotopic (exact) mass is 234 g/mol. The highest BCUT2D eigenvalue weighted by Crippen LogP contribution is 2.39. The Bertz CT molecular complexity index is 357. The van der Waals surface area contributed by atoms with Crippen molar-refractivity contribution >= 4 is 28.9 Å². The maximum Gasteiger partial charge on any atom is 0.349 e. The summed E-state index contributed by atoms with van der Waals surface area (Å²) in [5.41, 5.74) is 0. The second-order valence-corrected chi connectivity index (χ2v) is 4.70. The Morgan fingerprint density at radius 3 is 2.57 bits per heavy atom. The maximum atomic E-state index is 10.8. The lowest BCUT2D eigenvalue weighted by atomic mass is 10.3. The molecule has 0 saturated carbocycles. The van der Waals surface area contributed by atoms with Crippen LogP contribution in [0.3, 0.4) is 0 Å². The van der Waals surface area contributed by atoms with E-state index in [-0.39, 0.29) is 16.7 Å². The van der Waals surface area contributed by atoms with Gasteiger partial charge in [0.1, 0.15) is 0 Å². The van der Waals surface area contributed by atoms with Crippen molar-refractivity contribution in [3.05, 3.63) is 14.8 Å². The summed E-state index contributed by atoms with van der Waals surface area (Å²) in [5, 5.41) is 9.29. The number of aromatic carboxylic acids is 1. The molecule has 78 valence electrons. The molecule has 0 saturated heterocycles. The zero-order chi connectivity index (χ0) is 10.9. The van der Waals surface area contributed by atoms with Crippen molar-refractivity contribution in [2.75, 3.05) is 0 Å². The van der Waals surface area contributed by atoms with Crippen molar-refractivity contribution < 1.29 is 14.6 Å². The molecule has 1 N–H and O–H groups in total. The van der Waals surface area contributed by atoms with Gasteiger partial charge in [-0.2, -0.15) is 0 Å². The van der Waals surface area contributed by atoms with Crippen LogP contribution in [-0.4, -0.2) is 17.2 Å². The molecule has 0 aliphatic heterocycles. The van der Waals surface area contributed by atoms with E-state index >= 15 is 0 Å². The molecule has 0 spiro atoms. The molecule has 0 aliphatic rings. The summed E-state index contributed by atoms with van der Waals surface area (Å²) in [6, 6.07) is 0. The van der Waals surface area contributed by atoms with Gasteiger partial charge in [0.15, 0.2) is 10.6 Å². The van der Waals surface area contributed by atoms with Gasteiger partial charge in [0.2, 0.25) is 0 Å². The molecule has 3 nitrogen and oxygen atoms in total. The summed E-state index contributed by atoms with van der Waals surface area (Å²) in [7, 11) is 0. The van der Waals surface area contributed by atoms with Crippen molar-refractivity contribution in [2.45, 2.75) is 26.9 Å². The highest BCUT2D eigenvalue weighted by atomic mass is 35.5. The Kier molecular flexibility index (Phi) is 3.39. The van der Waals surface area contributed by atoms with Gasteiger partial charge in [-0.25, -0.2) is 4.79 Å². The Morgan fingerprint density at radius 2 is 2.14 bits per heavy atom. The second kappa shape index (κ2) is 4.19. The summed E-state index contributed by atoms with van der Waals surface area (Å²) >= 11 is 7.06. The number of carbonyl (C=O) groups is 1. The van der Waals surface area contributed by atoms with Gasteiger partial charge in [-0.3, -0.25) is 0 Å². The van der Waals surface area contributed by atoms with Gasteiger partial charge >= 0.3 is 5.97 Å². The van der Waals surface area contributed by atoms with E-state index in [0.29, 0.717) is 5.02 Å². The molecule has 1 aromatic heterocycles. The van der Waals surface area contributed by atoms with Gasteiger partial charge < -0.3 is 9.84 Å². The van der Waals surface area contributed by atoms with Crippen LogP contribution in [0.15, 0.2) is 0 Å². The normalized spacial score (nSPS) is 10.6. The number of thiophene rings is 1. The van der Waals surface area contributed by atoms with Gasteiger partial charge in [0.25, 0.3) is 0 Å². The van der Waals surface area contributed by atoms with Crippen LogP contribution in [0.5, 0.6) is 5.75 Å². The standard InChI is InChI=1S/C9H11ClO3S/c1-4(2)13-7-6(10)5(3)14-8(7)9(11)12/h4H,1-3H3,(H,11,12). The largest absolute Gasteiger partial charge is 0.488 e. The van der Waals surface area contributed by atoms with E-state index in [9.17, 15) is 4.79 Å². The minimum absolute atomic E-state index is 0.0837. The van der Waals surface area contributed by atoms with E-state index in [1.165, 1.54) is 0 Å². The molecule has 1 heterocycles. The fraction of sp³-hybridized carbons (Fsp3) is 0.444. The van der Waals surface area contributed by atoms with E-state index in [1.54, 1.807) is 6.92 Å². The van der Waals surface area contributed by atoms with E-state index < -0.39 is 5.97 Å². The Balaban J connectivity index is 3.16. The van der Waals surface area contributed by atoms with Crippen molar-refractivity contribution in [3.8, 4) is 5.75 Å². The molecule has 5 heteroatoms. The molecular weight excluding hydrogens is 224 g/mol. The van der Waals surface area contributed by atoms with Gasteiger partial charge in [-0.15, -0.1) is 11.3 Å². The number of halogens is 1. The average molecular weight is 235 g/mol. The summed E-state index contributed by atoms with van der Waals surface area (Å²) < 4.78 is 5.36. The number of carboxylic acids is 1. The first kappa shape index (κ1) is 11.3. The third-order valence-corrected chi connectivity index (χ3v) is 3.16. The second-order valence-electron chi connectivity index (χ2n) is 3.10. The fourth-order valence-corrected chi connectivity index (χ4v) is 2.11. The first-order valence-electron chi connectivity index (χ1n) is 4.12. The topological polar surface area (TPSA) is 46.5 Å². The third kappa shape index (κ3) is 2.19. The van der Waals surface area contributed by atoms with Crippen molar-refractivity contribution in [2.24, 2.45) is 0 Å². The van der Waals surface area contributed by atoms with Crippen LogP contribution in [-0.2, 0) is 0 Å². The third-order valence-electron chi connectivity index (χ3n) is 1.52. The van der Waals surface area contributed by atoms with Crippen LogP contribution in [0.25, 0.3) is 0 Å². The molecule has 0 fully saturated rings. The Hall–Kier alpha value is -0.740. The quantitative estimate of drug-likeness (QED) is 0.874. The van der Waals surface area contributed by atoms with Gasteiger partial charge in [-0.05, 0) is 20.8 Å². The molecule has 0 radical (unpaired) electrons. The maximum absolute atomic E-state index is 10.8. The predicted octanol–water partition coefficient (Wildman–Crippen LogP) is 3.20. The number of carboxylic acid groups (broad SMARTS) is 1. The Morgan fingerprint density at radius 1 is 1.57 bits per heavy atom. The van der Waals surface area contributed by atoms with Gasteiger partial charge in [-0.1, -0.05) is 11.6 Å². The summed E-state index contributed by atoms with van der Waals surface area (Å²) in [5.74, 6) is -0.711. The first-order valence-corrected chi connectivity index (χ1v) is 5.31. The first-order chi connectivity index (χ1) is 6.43. The minimum Gasteiger partial charge on any atom is -0.488 e. The number of ether oxygens (including phenoxy) is 1. The number of rotatable bonds is 3. The molecule has 0 amide bonds. The van der Waals surface area contributed by atoms with E-state index in [2.05, 4.69) is 0 Å². The fourth-order valence-electron chi connectivity index (χ4n) is 0.986. The van der Waals surface area contributed by atoms with Crippen LogP contribution in [0.2, 0.25) is 5.02 Å². The summed E-state index contributed by atoms with van der Waals surface area (Å²) in [6.07, 6.45) is -0.0837. The molecule has 1 rings (SSSR count). The minimum atomic E-state index is -0.999. The highest BCUT2D eigenvalue weighted by molar-refractivity contribution is 7.15. The number of hydrogen-bond donors (Lipinski definition) is 1. The van der Waals surface area contributed by atoms with Crippen molar-refractivity contribution in [3.63, 3.8) is 0 Å². The van der Waals surface area contributed by atoms with Crippen LogP contribution in [0.4, 0.5) is 0 Å². The smallest absolute Gasteiger partial charge is 0.349 e. The SMILES string of the molecule is Cc1sc(C(=O)O)c(OC(C)C)c1Cl. The van der Waals surface area contributed by atoms with Gasteiger partial charge in [0, 0.05) is 4.88 Å². The summed E-state index contributed by atoms with van der Waals surface area (Å²) in [6.45, 7) is 5.43. The molecule has 0 atom stereocenters. The lowest BCUT2D eigenvalue weighted by Crippen LogP contribution is -2.08. The lowest BCUT2D eigenvalue weighted by Gasteiger charge is -2.09. The van der Waals surface area contributed by atoms with E-state index in [4.69, 9.17) is 21.4 Å². The summed E-state index contributed by atoms with van der Waals surface area (Å²) in [4.78, 5) is 11.8. The molecule has 0 aromatic carbocycles.